The molecule has 1 aromatic rings. The molecule has 1 aliphatic rings. The Hall–Kier alpha value is -4.14. The largest absolute Gasteiger partial charge is 0.461 e. The van der Waals surface area contributed by atoms with Gasteiger partial charge in [-0.25, -0.2) is 4.79 Å². The van der Waals surface area contributed by atoms with Gasteiger partial charge >= 0.3 is 12.0 Å². The Balaban J connectivity index is 1.93. The van der Waals surface area contributed by atoms with Crippen LogP contribution in [0.15, 0.2) is 24.3 Å². The number of anilines is 1. The van der Waals surface area contributed by atoms with Gasteiger partial charge in [0.2, 0.25) is 23.6 Å². The van der Waals surface area contributed by atoms with Crippen molar-refractivity contribution in [2.24, 2.45) is 17.6 Å². The van der Waals surface area contributed by atoms with Gasteiger partial charge in [0.05, 0.1) is 0 Å². The van der Waals surface area contributed by atoms with E-state index in [0.717, 1.165) is 17.3 Å². The van der Waals surface area contributed by atoms with Crippen molar-refractivity contribution in [3.8, 4) is 0 Å². The van der Waals surface area contributed by atoms with Gasteiger partial charge in [0.25, 0.3) is 5.91 Å². The summed E-state index contributed by atoms with van der Waals surface area (Å²) in [7, 11) is 0. The number of rotatable bonds is 18. The molecule has 1 aromatic carbocycles. The maximum absolute atomic E-state index is 13.3. The van der Waals surface area contributed by atoms with E-state index in [0.29, 0.717) is 31.5 Å². The van der Waals surface area contributed by atoms with Gasteiger partial charge in [0.15, 0.2) is 5.37 Å². The minimum Gasteiger partial charge on any atom is -0.461 e. The molecule has 14 nitrogen and oxygen atoms in total. The van der Waals surface area contributed by atoms with Crippen molar-refractivity contribution in [1.29, 1.82) is 0 Å². The van der Waals surface area contributed by atoms with Crippen LogP contribution in [0.5, 0.6) is 0 Å². The normalized spacial score (nSPS) is 15.8. The molecule has 0 aliphatic carbocycles. The zero-order chi connectivity index (χ0) is 33.5. The number of nitrogens with two attached hydrogens (primary N) is 1. The predicted octanol–water partition coefficient (Wildman–Crippen LogP) is 1.63. The molecule has 7 amide bonds. The molecule has 45 heavy (non-hydrogen) atoms. The van der Waals surface area contributed by atoms with Gasteiger partial charge in [-0.2, -0.15) is 0 Å². The van der Waals surface area contributed by atoms with Gasteiger partial charge in [-0.3, -0.25) is 33.7 Å². The minimum absolute atomic E-state index is 0.0905. The maximum atomic E-state index is 13.3. The molecule has 0 aromatic heterocycles. The van der Waals surface area contributed by atoms with E-state index in [2.05, 4.69) is 21.3 Å². The molecular formula is C30H44N6O8S. The topological polar surface area (TPSA) is 206 Å². The highest BCUT2D eigenvalue weighted by molar-refractivity contribution is 8.00. The second kappa shape index (κ2) is 18.6. The number of urea groups is 1. The average Bonchev–Trinajstić information content (AvgIpc) is 3.21. The highest BCUT2D eigenvalue weighted by Gasteiger charge is 2.35. The molecule has 1 fully saturated rings. The Morgan fingerprint density at radius 3 is 2.29 bits per heavy atom. The van der Waals surface area contributed by atoms with Crippen molar-refractivity contribution >= 4 is 59.0 Å². The molecule has 0 saturated carbocycles. The Labute approximate surface area is 267 Å². The number of carbonyl (C=O) groups excluding carboxylic acids is 7. The number of unbranched alkanes of at least 4 members (excludes halogenated alkanes) is 2. The van der Waals surface area contributed by atoms with Crippen molar-refractivity contribution in [1.82, 2.24) is 20.9 Å². The first kappa shape index (κ1) is 37.0. The number of primary amides is 1. The summed E-state index contributed by atoms with van der Waals surface area (Å²) in [6, 6.07) is 5.00. The Morgan fingerprint density at radius 1 is 1.02 bits per heavy atom. The van der Waals surface area contributed by atoms with Crippen molar-refractivity contribution in [2.75, 3.05) is 24.2 Å². The van der Waals surface area contributed by atoms with Crippen molar-refractivity contribution in [3.63, 3.8) is 0 Å². The molecular weight excluding hydrogens is 604 g/mol. The van der Waals surface area contributed by atoms with Crippen molar-refractivity contribution in [3.05, 3.63) is 29.8 Å². The number of nitrogens with one attached hydrogen (secondary N) is 4. The average molecular weight is 649 g/mol. The fraction of sp³-hybridized carbons (Fsp3) is 0.567. The molecule has 1 aliphatic heterocycles. The monoisotopic (exact) mass is 648 g/mol. The Morgan fingerprint density at radius 2 is 1.71 bits per heavy atom. The molecule has 248 valence electrons. The van der Waals surface area contributed by atoms with Crippen LogP contribution < -0.4 is 27.0 Å². The second-order valence-electron chi connectivity index (χ2n) is 11.1. The zero-order valence-corrected chi connectivity index (χ0v) is 27.0. The third-order valence-corrected chi connectivity index (χ3v) is 7.99. The summed E-state index contributed by atoms with van der Waals surface area (Å²) in [5.74, 6) is -2.48. The van der Waals surface area contributed by atoms with Crippen molar-refractivity contribution in [2.45, 2.75) is 77.8 Å². The Kier molecular flexibility index (Phi) is 15.3. The lowest BCUT2D eigenvalue weighted by molar-refractivity contribution is -0.142. The number of esters is 1. The highest BCUT2D eigenvalue weighted by Crippen LogP contribution is 2.20. The van der Waals surface area contributed by atoms with Crippen LogP contribution in [0.1, 0.15) is 65.4 Å². The molecule has 0 bridgehead atoms. The van der Waals surface area contributed by atoms with Crippen LogP contribution in [0, 0.1) is 11.8 Å². The van der Waals surface area contributed by atoms with E-state index in [4.69, 9.17) is 10.5 Å². The number of hydrogen-bond acceptors (Lipinski definition) is 9. The molecule has 15 heteroatoms. The molecule has 0 spiro atoms. The fourth-order valence-electron chi connectivity index (χ4n) is 4.43. The lowest BCUT2D eigenvalue weighted by Crippen LogP contribution is -2.53. The van der Waals surface area contributed by atoms with E-state index in [-0.39, 0.29) is 61.3 Å². The number of thioether (sulfide) groups is 1. The summed E-state index contributed by atoms with van der Waals surface area (Å²) < 4.78 is 4.96. The number of benzene rings is 1. The molecule has 3 atom stereocenters. The first-order valence-corrected chi connectivity index (χ1v) is 15.9. The van der Waals surface area contributed by atoms with E-state index in [1.165, 1.54) is 11.8 Å². The summed E-state index contributed by atoms with van der Waals surface area (Å²) in [6.45, 7) is 7.16. The number of amides is 7. The van der Waals surface area contributed by atoms with E-state index in [9.17, 15) is 33.6 Å². The lowest BCUT2D eigenvalue weighted by Gasteiger charge is -2.25. The zero-order valence-electron chi connectivity index (χ0n) is 26.2. The van der Waals surface area contributed by atoms with Gasteiger partial charge in [-0.15, -0.1) is 11.8 Å². The quantitative estimate of drug-likeness (QED) is 0.0678. The van der Waals surface area contributed by atoms with Gasteiger partial charge in [-0.05, 0) is 36.5 Å². The molecule has 2 unspecified atom stereocenters. The van der Waals surface area contributed by atoms with Crippen LogP contribution in [0.3, 0.4) is 0 Å². The van der Waals surface area contributed by atoms with Crippen LogP contribution in [0.2, 0.25) is 0 Å². The van der Waals surface area contributed by atoms with Gasteiger partial charge in [-0.1, -0.05) is 39.3 Å². The van der Waals surface area contributed by atoms with Crippen LogP contribution in [-0.4, -0.2) is 76.7 Å². The molecule has 1 saturated heterocycles. The number of ether oxygens (including phenoxy) is 1. The first-order valence-electron chi connectivity index (χ1n) is 14.9. The van der Waals surface area contributed by atoms with Crippen LogP contribution in [0.4, 0.5) is 10.5 Å². The van der Waals surface area contributed by atoms with Gasteiger partial charge in [0, 0.05) is 50.2 Å². The summed E-state index contributed by atoms with van der Waals surface area (Å²) in [6.07, 6.45) is 2.11. The standard InChI is InChI=1S/C30H44N6O8S/c1-18(2)25(34-23(38)8-6-5-7-14-36-24(39)16-19(3)29(36)42)26(40)35-28(45-15-13-32-30(31)43)27(41)33-22-11-9-21(10-12-22)17-44-20(4)37/h9-12,18-19,25,28H,5-8,13-17H2,1-4H3,(H,33,41)(H,34,38)(H,35,40)(H3,31,32,43)/t19?,25-,28?/m0/s1. The summed E-state index contributed by atoms with van der Waals surface area (Å²) in [5.41, 5.74) is 6.28. The predicted molar refractivity (Wildman–Crippen MR) is 168 cm³/mol. The van der Waals surface area contributed by atoms with E-state index in [1.807, 2.05) is 0 Å². The van der Waals surface area contributed by atoms with E-state index >= 15 is 0 Å². The second-order valence-corrected chi connectivity index (χ2v) is 12.3. The van der Waals surface area contributed by atoms with Gasteiger partial charge in [0.1, 0.15) is 12.6 Å². The summed E-state index contributed by atoms with van der Waals surface area (Å²) >= 11 is 1.08. The first-order chi connectivity index (χ1) is 21.3. The third-order valence-electron chi connectivity index (χ3n) is 6.88. The number of imide groups is 1. The minimum atomic E-state index is -1.07. The van der Waals surface area contributed by atoms with E-state index in [1.54, 1.807) is 45.0 Å². The molecule has 1 heterocycles. The SMILES string of the molecule is CC(=O)OCc1ccc(NC(=O)C(NC(=O)[C@@H](NC(=O)CCCCCN2C(=O)CC(C)C2=O)C(C)C)SCCNC(N)=O)cc1. The number of nitrogens with zero attached hydrogens (tertiary/aromatic N) is 1. The summed E-state index contributed by atoms with van der Waals surface area (Å²) in [5, 5.41) is 9.56. The summed E-state index contributed by atoms with van der Waals surface area (Å²) in [4.78, 5) is 86.5. The van der Waals surface area contributed by atoms with Crippen LogP contribution in [0.25, 0.3) is 0 Å². The molecule has 0 radical (unpaired) electrons. The highest BCUT2D eigenvalue weighted by atomic mass is 32.2. The molecule has 6 N–H and O–H groups in total. The maximum Gasteiger partial charge on any atom is 0.312 e. The fourth-order valence-corrected chi connectivity index (χ4v) is 5.29. The van der Waals surface area contributed by atoms with Gasteiger partial charge < -0.3 is 31.7 Å². The van der Waals surface area contributed by atoms with Crippen molar-refractivity contribution < 1.29 is 38.3 Å². The Bertz CT molecular complexity index is 1230. The third kappa shape index (κ3) is 13.2. The number of carbonyl (C=O) groups is 7. The van der Waals surface area contributed by atoms with E-state index < -0.39 is 35.2 Å². The lowest BCUT2D eigenvalue weighted by atomic mass is 10.0. The molecule has 2 rings (SSSR count). The smallest absolute Gasteiger partial charge is 0.312 e. The number of likely N-dealkylation sites (tertiary alicyclic amines) is 1. The number of hydrogen-bond donors (Lipinski definition) is 5. The van der Waals surface area contributed by atoms with Crippen LogP contribution in [-0.2, 0) is 40.1 Å². The van der Waals surface area contributed by atoms with Crippen LogP contribution >= 0.6 is 11.8 Å².